The average Bonchev–Trinajstić information content (AvgIpc) is 3.16. The Hall–Kier alpha value is -2.12. The molecule has 140 valence electrons. The first kappa shape index (κ1) is 18.3. The molecule has 1 N–H and O–H groups in total. The van der Waals surface area contributed by atoms with E-state index < -0.39 is 0 Å². The fourth-order valence-corrected chi connectivity index (χ4v) is 4.95. The summed E-state index contributed by atoms with van der Waals surface area (Å²) in [4.78, 5) is 23.9. The largest absolute Gasteiger partial charge is 0.352 e. The molecule has 0 spiro atoms. The van der Waals surface area contributed by atoms with Crippen molar-refractivity contribution in [2.24, 2.45) is 5.92 Å². The molecule has 5 nitrogen and oxygen atoms in total. The van der Waals surface area contributed by atoms with E-state index in [0.29, 0.717) is 11.5 Å². The van der Waals surface area contributed by atoms with Gasteiger partial charge in [0.1, 0.15) is 5.03 Å². The van der Waals surface area contributed by atoms with Crippen LogP contribution >= 0.6 is 23.1 Å². The summed E-state index contributed by atoms with van der Waals surface area (Å²) in [6.45, 7) is 2.70. The number of thioether (sulfide) groups is 1. The summed E-state index contributed by atoms with van der Waals surface area (Å²) >= 11 is 3.26. The molecule has 7 heteroatoms. The maximum atomic E-state index is 12.5. The third kappa shape index (κ3) is 4.09. The molecule has 27 heavy (non-hydrogen) atoms. The third-order valence-corrected chi connectivity index (χ3v) is 6.74. The molecule has 3 heterocycles. The molecule has 0 unspecified atom stereocenters. The van der Waals surface area contributed by atoms with Crippen LogP contribution in [0.15, 0.2) is 47.6 Å². The number of aromatic nitrogens is 2. The van der Waals surface area contributed by atoms with Crippen LogP contribution in [-0.2, 0) is 0 Å². The third-order valence-electron chi connectivity index (χ3n) is 4.93. The molecule has 0 saturated carbocycles. The molecule has 0 bridgehead atoms. The van der Waals surface area contributed by atoms with Crippen molar-refractivity contribution in [2.75, 3.05) is 30.8 Å². The summed E-state index contributed by atoms with van der Waals surface area (Å²) in [7, 11) is 0. The number of fused-ring (bicyclic) bond motifs is 1. The molecule has 1 aromatic carbocycles. The van der Waals surface area contributed by atoms with Crippen LogP contribution in [0, 0.1) is 5.92 Å². The summed E-state index contributed by atoms with van der Waals surface area (Å²) in [6.07, 6.45) is 5.80. The van der Waals surface area contributed by atoms with Gasteiger partial charge in [0, 0.05) is 25.8 Å². The van der Waals surface area contributed by atoms with Gasteiger partial charge < -0.3 is 10.2 Å². The summed E-state index contributed by atoms with van der Waals surface area (Å²) in [6, 6.07) is 11.9. The molecule has 1 aliphatic heterocycles. The minimum absolute atomic E-state index is 0.0268. The zero-order valence-corrected chi connectivity index (χ0v) is 16.9. The van der Waals surface area contributed by atoms with Gasteiger partial charge in [-0.25, -0.2) is 9.97 Å². The fourth-order valence-electron chi connectivity index (χ4n) is 3.38. The highest BCUT2D eigenvalue weighted by Crippen LogP contribution is 2.31. The number of nitrogens with zero attached hydrogens (tertiary/aromatic N) is 3. The summed E-state index contributed by atoms with van der Waals surface area (Å²) in [5.41, 5.74) is 1.74. The van der Waals surface area contributed by atoms with Gasteiger partial charge in [-0.1, -0.05) is 23.5 Å². The molecular weight excluding hydrogens is 376 g/mol. The van der Waals surface area contributed by atoms with Crippen molar-refractivity contribution in [2.45, 2.75) is 17.9 Å². The number of thiazole rings is 1. The highest BCUT2D eigenvalue weighted by Gasteiger charge is 2.22. The number of pyridine rings is 1. The van der Waals surface area contributed by atoms with Crippen LogP contribution in [0.5, 0.6) is 0 Å². The second-order valence-electron chi connectivity index (χ2n) is 6.66. The highest BCUT2D eigenvalue weighted by atomic mass is 32.2. The molecule has 1 fully saturated rings. The molecule has 0 atom stereocenters. The lowest BCUT2D eigenvalue weighted by molar-refractivity contribution is 0.0941. The second-order valence-corrected chi connectivity index (χ2v) is 8.47. The summed E-state index contributed by atoms with van der Waals surface area (Å²) in [5.74, 6) is 0.482. The molecule has 1 aliphatic rings. The molecule has 2 aromatic heterocycles. The Kier molecular flexibility index (Phi) is 5.59. The number of amides is 1. The zero-order valence-electron chi connectivity index (χ0n) is 15.2. The van der Waals surface area contributed by atoms with Gasteiger partial charge >= 0.3 is 0 Å². The lowest BCUT2D eigenvalue weighted by Crippen LogP contribution is -2.38. The minimum Gasteiger partial charge on any atom is -0.352 e. The Labute approximate surface area is 167 Å². The van der Waals surface area contributed by atoms with Crippen molar-refractivity contribution < 1.29 is 4.79 Å². The quantitative estimate of drug-likeness (QED) is 0.657. The van der Waals surface area contributed by atoms with Gasteiger partial charge in [-0.2, -0.15) is 0 Å². The number of para-hydroxylation sites is 1. The lowest BCUT2D eigenvalue weighted by atomic mass is 9.97. The summed E-state index contributed by atoms with van der Waals surface area (Å²) < 4.78 is 1.24. The molecule has 1 saturated heterocycles. The van der Waals surface area contributed by atoms with Crippen LogP contribution in [0.1, 0.15) is 23.2 Å². The Bertz CT molecular complexity index is 901. The van der Waals surface area contributed by atoms with Crippen molar-refractivity contribution in [1.82, 2.24) is 15.3 Å². The van der Waals surface area contributed by atoms with Gasteiger partial charge in [-0.15, -0.1) is 11.8 Å². The van der Waals surface area contributed by atoms with Crippen LogP contribution < -0.4 is 10.2 Å². The van der Waals surface area contributed by atoms with Crippen molar-refractivity contribution in [1.29, 1.82) is 0 Å². The number of nitrogens with one attached hydrogen (secondary N) is 1. The smallest absolute Gasteiger partial charge is 0.254 e. The second kappa shape index (κ2) is 8.27. The van der Waals surface area contributed by atoms with Gasteiger partial charge in [0.15, 0.2) is 5.13 Å². The SMILES string of the molecule is CSc1ncccc1C(=O)NCC1CCN(c2nc3ccccc3s2)CC1. The maximum Gasteiger partial charge on any atom is 0.254 e. The molecule has 1 amide bonds. The Morgan fingerprint density at radius 2 is 2.07 bits per heavy atom. The summed E-state index contributed by atoms with van der Waals surface area (Å²) in [5, 5.41) is 4.98. The first-order valence-electron chi connectivity index (χ1n) is 9.12. The number of carbonyl (C=O) groups is 1. The first-order valence-corrected chi connectivity index (χ1v) is 11.2. The number of benzene rings is 1. The van der Waals surface area contributed by atoms with Crippen molar-refractivity contribution >= 4 is 44.4 Å². The number of hydrogen-bond acceptors (Lipinski definition) is 6. The van der Waals surface area contributed by atoms with E-state index in [1.165, 1.54) is 16.5 Å². The lowest BCUT2D eigenvalue weighted by Gasteiger charge is -2.31. The number of piperidine rings is 1. The number of carbonyl (C=O) groups excluding carboxylic acids is 1. The van der Waals surface area contributed by atoms with Crippen LogP contribution in [-0.4, -0.2) is 41.8 Å². The van der Waals surface area contributed by atoms with Crippen molar-refractivity contribution in [3.05, 3.63) is 48.2 Å². The van der Waals surface area contributed by atoms with E-state index in [-0.39, 0.29) is 5.91 Å². The van der Waals surface area contributed by atoms with Gasteiger partial charge in [0.05, 0.1) is 15.8 Å². The predicted molar refractivity (Wildman–Crippen MR) is 113 cm³/mol. The average molecular weight is 399 g/mol. The van der Waals surface area contributed by atoms with Gasteiger partial charge in [-0.05, 0) is 49.3 Å². The van der Waals surface area contributed by atoms with E-state index >= 15 is 0 Å². The van der Waals surface area contributed by atoms with Crippen LogP contribution in [0.2, 0.25) is 0 Å². The van der Waals surface area contributed by atoms with Crippen molar-refractivity contribution in [3.8, 4) is 0 Å². The van der Waals surface area contributed by atoms with E-state index in [2.05, 4.69) is 33.4 Å². The van der Waals surface area contributed by atoms with E-state index in [1.807, 2.05) is 24.5 Å². The standard InChI is InChI=1S/C20H22N4OS2/c1-26-19-15(5-4-10-21-19)18(25)22-13-14-8-11-24(12-9-14)20-23-16-6-2-3-7-17(16)27-20/h2-7,10,14H,8-9,11-13H2,1H3,(H,22,25). The number of rotatable bonds is 5. The van der Waals surface area contributed by atoms with Gasteiger partial charge in [-0.3, -0.25) is 4.79 Å². The van der Waals surface area contributed by atoms with Crippen LogP contribution in [0.3, 0.4) is 0 Å². The topological polar surface area (TPSA) is 58.1 Å². The Morgan fingerprint density at radius 3 is 2.85 bits per heavy atom. The van der Waals surface area contributed by atoms with Gasteiger partial charge in [0.25, 0.3) is 5.91 Å². The predicted octanol–water partition coefficient (Wildman–Crippen LogP) is 4.06. The first-order chi connectivity index (χ1) is 13.2. The molecular formula is C20H22N4OS2. The highest BCUT2D eigenvalue weighted by molar-refractivity contribution is 7.98. The Morgan fingerprint density at radius 1 is 1.26 bits per heavy atom. The van der Waals surface area contributed by atoms with Crippen LogP contribution in [0.4, 0.5) is 5.13 Å². The zero-order chi connectivity index (χ0) is 18.6. The fraction of sp³-hybridized carbons (Fsp3) is 0.350. The van der Waals surface area contributed by atoms with Crippen molar-refractivity contribution in [3.63, 3.8) is 0 Å². The van der Waals surface area contributed by atoms with E-state index in [4.69, 9.17) is 4.98 Å². The maximum absolute atomic E-state index is 12.5. The van der Waals surface area contributed by atoms with Gasteiger partial charge in [0.2, 0.25) is 0 Å². The molecule has 0 radical (unpaired) electrons. The molecule has 3 aromatic rings. The molecule has 4 rings (SSSR count). The minimum atomic E-state index is -0.0268. The van der Waals surface area contributed by atoms with E-state index in [0.717, 1.165) is 48.2 Å². The van der Waals surface area contributed by atoms with E-state index in [1.54, 1.807) is 17.5 Å². The Balaban J connectivity index is 1.31. The normalized spacial score (nSPS) is 15.2. The van der Waals surface area contributed by atoms with E-state index in [9.17, 15) is 4.79 Å². The van der Waals surface area contributed by atoms with Crippen LogP contribution in [0.25, 0.3) is 10.2 Å². The monoisotopic (exact) mass is 398 g/mol. The molecule has 0 aliphatic carbocycles. The number of hydrogen-bond donors (Lipinski definition) is 1. The number of anilines is 1.